The Labute approximate surface area is 133 Å². The van der Waals surface area contributed by atoms with E-state index in [0.717, 1.165) is 37.1 Å². The van der Waals surface area contributed by atoms with E-state index in [1.54, 1.807) is 4.90 Å². The first kappa shape index (κ1) is 15.3. The van der Waals surface area contributed by atoms with Gasteiger partial charge in [-0.05, 0) is 63.4 Å². The van der Waals surface area contributed by atoms with Crippen molar-refractivity contribution in [1.29, 1.82) is 0 Å². The summed E-state index contributed by atoms with van der Waals surface area (Å²) < 4.78 is 5.81. The summed E-state index contributed by atoms with van der Waals surface area (Å²) in [5.41, 5.74) is 0.956. The van der Waals surface area contributed by atoms with E-state index in [9.17, 15) is 4.79 Å². The molecule has 4 heteroatoms. The van der Waals surface area contributed by atoms with E-state index in [1.165, 1.54) is 19.4 Å². The summed E-state index contributed by atoms with van der Waals surface area (Å²) in [6, 6.07) is 8.58. The van der Waals surface area contributed by atoms with Gasteiger partial charge in [-0.3, -0.25) is 4.79 Å². The smallest absolute Gasteiger partial charge is 0.227 e. The maximum Gasteiger partial charge on any atom is 0.227 e. The summed E-state index contributed by atoms with van der Waals surface area (Å²) >= 11 is 0. The summed E-state index contributed by atoms with van der Waals surface area (Å²) in [6.45, 7) is 6.13. The van der Waals surface area contributed by atoms with Crippen molar-refractivity contribution in [3.63, 3.8) is 0 Å². The first-order valence-electron chi connectivity index (χ1n) is 8.33. The van der Waals surface area contributed by atoms with E-state index in [4.69, 9.17) is 4.74 Å². The molecule has 2 fully saturated rings. The average molecular weight is 301 g/mol. The number of benzene rings is 1. The van der Waals surface area contributed by atoms with Crippen LogP contribution < -0.4 is 9.64 Å². The van der Waals surface area contributed by atoms with Gasteiger partial charge in [0.05, 0.1) is 6.61 Å². The van der Waals surface area contributed by atoms with E-state index >= 15 is 0 Å². The average Bonchev–Trinajstić information content (AvgIpc) is 3.13. The zero-order chi connectivity index (χ0) is 15.4. The third-order valence-electron chi connectivity index (χ3n) is 4.63. The van der Waals surface area contributed by atoms with Crippen molar-refractivity contribution in [3.8, 4) is 5.75 Å². The Balaban J connectivity index is 1.42. The highest BCUT2D eigenvalue weighted by molar-refractivity contribution is 5.96. The van der Waals surface area contributed by atoms with Crippen molar-refractivity contribution in [2.45, 2.75) is 38.6 Å². The van der Waals surface area contributed by atoms with Crippen LogP contribution in [0.1, 0.15) is 32.6 Å². The molecule has 4 nitrogen and oxygen atoms in total. The minimum Gasteiger partial charge on any atom is -0.494 e. The first-order chi connectivity index (χ1) is 10.7. The van der Waals surface area contributed by atoms with Crippen LogP contribution in [0.2, 0.25) is 0 Å². The van der Waals surface area contributed by atoms with Gasteiger partial charge >= 0.3 is 0 Å². The van der Waals surface area contributed by atoms with E-state index in [0.29, 0.717) is 13.0 Å². The molecule has 0 aliphatic carbocycles. The Bertz CT molecular complexity index is 500. The lowest BCUT2D eigenvalue weighted by molar-refractivity contribution is -0.116. The predicted molar refractivity (Wildman–Crippen MR) is 88.1 cm³/mol. The summed E-state index contributed by atoms with van der Waals surface area (Å²) in [5.74, 6) is 1.06. The maximum atomic E-state index is 11.7. The third-order valence-corrected chi connectivity index (χ3v) is 4.63. The van der Waals surface area contributed by atoms with Crippen LogP contribution in [-0.4, -0.2) is 43.1 Å². The van der Waals surface area contributed by atoms with Crippen molar-refractivity contribution in [1.82, 2.24) is 4.90 Å². The summed E-state index contributed by atoms with van der Waals surface area (Å²) in [4.78, 5) is 16.0. The molecular formula is C18H25N2O2. The number of amides is 1. The van der Waals surface area contributed by atoms with Crippen LogP contribution in [0.15, 0.2) is 24.3 Å². The largest absolute Gasteiger partial charge is 0.494 e. The van der Waals surface area contributed by atoms with Gasteiger partial charge in [-0.1, -0.05) is 0 Å². The molecule has 3 rings (SSSR count). The number of anilines is 1. The second-order valence-electron chi connectivity index (χ2n) is 6.22. The predicted octanol–water partition coefficient (Wildman–Crippen LogP) is 2.88. The normalized spacial score (nSPS) is 22.5. The molecule has 1 unspecified atom stereocenters. The fraction of sp³-hybridized carbons (Fsp3) is 0.556. The number of rotatable bonds is 6. The van der Waals surface area contributed by atoms with Crippen molar-refractivity contribution in [2.75, 3.05) is 31.1 Å². The summed E-state index contributed by atoms with van der Waals surface area (Å²) in [6.07, 6.45) is 6.27. The lowest BCUT2D eigenvalue weighted by Gasteiger charge is -2.20. The van der Waals surface area contributed by atoms with E-state index in [1.807, 2.05) is 30.7 Å². The third kappa shape index (κ3) is 3.61. The second-order valence-corrected chi connectivity index (χ2v) is 6.22. The molecule has 0 aromatic heterocycles. The fourth-order valence-electron chi connectivity index (χ4n) is 3.28. The molecule has 0 N–H and O–H groups in total. The standard InChI is InChI=1S/C18H25N2O2/c1-15-5-2-11-19(15)12-4-14-22-17-9-7-16(8-10-17)20-13-3-6-18(20)21/h3,7-10,15H,2,4-6,11-14H2,1H3. The van der Waals surface area contributed by atoms with Crippen LogP contribution in [0.3, 0.4) is 0 Å². The molecule has 1 atom stereocenters. The van der Waals surface area contributed by atoms with E-state index < -0.39 is 0 Å². The number of hydrogen-bond acceptors (Lipinski definition) is 3. The number of carbonyl (C=O) groups is 1. The van der Waals surface area contributed by atoms with Gasteiger partial charge in [0.2, 0.25) is 5.91 Å². The lowest BCUT2D eigenvalue weighted by atomic mass is 10.2. The van der Waals surface area contributed by atoms with Gasteiger partial charge in [-0.15, -0.1) is 0 Å². The molecule has 1 radical (unpaired) electrons. The Morgan fingerprint density at radius 1 is 1.27 bits per heavy atom. The van der Waals surface area contributed by atoms with Gasteiger partial charge < -0.3 is 14.5 Å². The van der Waals surface area contributed by atoms with E-state index in [2.05, 4.69) is 11.8 Å². The fourth-order valence-corrected chi connectivity index (χ4v) is 3.28. The molecular weight excluding hydrogens is 276 g/mol. The van der Waals surface area contributed by atoms with Crippen LogP contribution in [0.5, 0.6) is 5.75 Å². The molecule has 1 aromatic rings. The number of likely N-dealkylation sites (tertiary alicyclic amines) is 1. The van der Waals surface area contributed by atoms with Crippen LogP contribution in [0, 0.1) is 6.42 Å². The molecule has 1 amide bonds. The minimum absolute atomic E-state index is 0.174. The van der Waals surface area contributed by atoms with Crippen molar-refractivity contribution in [3.05, 3.63) is 30.7 Å². The number of carbonyl (C=O) groups excluding carboxylic acids is 1. The van der Waals surface area contributed by atoms with Gasteiger partial charge in [-0.2, -0.15) is 0 Å². The molecule has 2 aliphatic heterocycles. The summed E-state index contributed by atoms with van der Waals surface area (Å²) in [5, 5.41) is 0. The van der Waals surface area contributed by atoms with Crippen LogP contribution in [0.25, 0.3) is 0 Å². The first-order valence-corrected chi connectivity index (χ1v) is 8.33. The topological polar surface area (TPSA) is 32.8 Å². The van der Waals surface area contributed by atoms with Crippen molar-refractivity contribution < 1.29 is 9.53 Å². The monoisotopic (exact) mass is 301 g/mol. The highest BCUT2D eigenvalue weighted by Crippen LogP contribution is 2.23. The second kappa shape index (κ2) is 7.14. The zero-order valence-electron chi connectivity index (χ0n) is 13.3. The molecule has 1 aromatic carbocycles. The maximum absolute atomic E-state index is 11.7. The van der Waals surface area contributed by atoms with Gasteiger partial charge in [0, 0.05) is 31.2 Å². The number of ether oxygens (including phenoxy) is 1. The van der Waals surface area contributed by atoms with Gasteiger partial charge in [-0.25, -0.2) is 0 Å². The Hall–Kier alpha value is -1.55. The quantitative estimate of drug-likeness (QED) is 0.757. The van der Waals surface area contributed by atoms with Crippen molar-refractivity contribution >= 4 is 11.6 Å². The molecule has 0 spiro atoms. The molecule has 2 saturated heterocycles. The molecule has 119 valence electrons. The summed E-state index contributed by atoms with van der Waals surface area (Å²) in [7, 11) is 0. The molecule has 0 saturated carbocycles. The highest BCUT2D eigenvalue weighted by Gasteiger charge is 2.21. The van der Waals surface area contributed by atoms with Crippen LogP contribution >= 0.6 is 0 Å². The van der Waals surface area contributed by atoms with Gasteiger partial charge in [0.1, 0.15) is 5.75 Å². The molecule has 22 heavy (non-hydrogen) atoms. The Morgan fingerprint density at radius 3 is 2.73 bits per heavy atom. The number of nitrogens with zero attached hydrogens (tertiary/aromatic N) is 2. The molecule has 0 bridgehead atoms. The molecule has 2 heterocycles. The Morgan fingerprint density at radius 2 is 2.09 bits per heavy atom. The molecule has 2 aliphatic rings. The SMILES string of the molecule is CC1CCCN1CCCOc1ccc(N2C[CH]CC2=O)cc1. The lowest BCUT2D eigenvalue weighted by Crippen LogP contribution is -2.28. The zero-order valence-corrected chi connectivity index (χ0v) is 13.3. The minimum atomic E-state index is 0.174. The van der Waals surface area contributed by atoms with Crippen LogP contribution in [-0.2, 0) is 4.79 Å². The van der Waals surface area contributed by atoms with Crippen LogP contribution in [0.4, 0.5) is 5.69 Å². The Kier molecular flexibility index (Phi) is 4.98. The van der Waals surface area contributed by atoms with E-state index in [-0.39, 0.29) is 5.91 Å². The van der Waals surface area contributed by atoms with Gasteiger partial charge in [0.15, 0.2) is 0 Å². The highest BCUT2D eigenvalue weighted by atomic mass is 16.5. The van der Waals surface area contributed by atoms with Gasteiger partial charge in [0.25, 0.3) is 0 Å². The number of hydrogen-bond donors (Lipinski definition) is 0. The van der Waals surface area contributed by atoms with Crippen molar-refractivity contribution in [2.24, 2.45) is 0 Å².